The monoisotopic (exact) mass is 592 g/mol. The van der Waals surface area contributed by atoms with Crippen LogP contribution >= 0.6 is 19.0 Å². The fourth-order valence-electron chi connectivity index (χ4n) is 4.89. The van der Waals surface area contributed by atoms with Gasteiger partial charge in [-0.2, -0.15) is 0 Å². The summed E-state index contributed by atoms with van der Waals surface area (Å²) in [5, 5.41) is 15.0. The van der Waals surface area contributed by atoms with E-state index in [1.807, 2.05) is 6.07 Å². The van der Waals surface area contributed by atoms with Crippen LogP contribution < -0.4 is 32.9 Å². The van der Waals surface area contributed by atoms with Crippen LogP contribution in [-0.2, 0) is 6.42 Å². The van der Waals surface area contributed by atoms with Gasteiger partial charge in [0.15, 0.2) is 5.78 Å². The highest BCUT2D eigenvalue weighted by Crippen LogP contribution is 2.56. The van der Waals surface area contributed by atoms with Crippen LogP contribution in [0.25, 0.3) is 0 Å². The Kier molecular flexibility index (Phi) is 11.0. The van der Waals surface area contributed by atoms with E-state index in [1.54, 1.807) is 17.8 Å². The number of benzene rings is 4. The molecule has 2 nitrogen and oxygen atoms in total. The molecule has 0 aliphatic carbocycles. The molecule has 192 valence electrons. The molecule has 4 aromatic rings. The van der Waals surface area contributed by atoms with Crippen molar-refractivity contribution in [3.05, 3.63) is 114 Å². The van der Waals surface area contributed by atoms with E-state index in [9.17, 15) is 9.90 Å². The molecule has 0 aliphatic heterocycles. The minimum atomic E-state index is -1.84. The topological polar surface area (TPSA) is 37.3 Å². The molecule has 0 amide bonds. The van der Waals surface area contributed by atoms with E-state index in [0.717, 1.165) is 41.6 Å². The summed E-state index contributed by atoms with van der Waals surface area (Å²) in [7, 11) is -1.84. The second-order valence-electron chi connectivity index (χ2n) is 8.99. The second-order valence-corrected chi connectivity index (χ2v) is 13.7. The summed E-state index contributed by atoms with van der Waals surface area (Å²) in [4.78, 5) is 13.0. The maximum atomic E-state index is 11.9. The van der Waals surface area contributed by atoms with Gasteiger partial charge in [-0.3, -0.25) is 4.79 Å². The summed E-state index contributed by atoms with van der Waals surface area (Å²) in [5.41, 5.74) is 1.33. The molecule has 0 aliphatic rings. The number of rotatable bonds is 11. The minimum absolute atomic E-state index is 0. The molecule has 0 fully saturated rings. The molecular formula is C32H34BrO2PS. The minimum Gasteiger partial charge on any atom is -1.00 e. The predicted molar refractivity (Wildman–Crippen MR) is 157 cm³/mol. The summed E-state index contributed by atoms with van der Waals surface area (Å²) in [6, 6.07) is 36.7. The van der Waals surface area contributed by atoms with Crippen LogP contribution in [0.15, 0.2) is 108 Å². The lowest BCUT2D eigenvalue weighted by atomic mass is 10.0. The zero-order chi connectivity index (χ0) is 25.4. The smallest absolute Gasteiger partial charge is 0.163 e. The van der Waals surface area contributed by atoms with Crippen molar-refractivity contribution in [3.8, 4) is 5.75 Å². The number of ketones is 1. The highest BCUT2D eigenvalue weighted by molar-refractivity contribution is 7.99. The van der Waals surface area contributed by atoms with Crippen molar-refractivity contribution < 1.29 is 26.9 Å². The molecule has 0 bridgehead atoms. The van der Waals surface area contributed by atoms with Gasteiger partial charge in [0, 0.05) is 16.2 Å². The Balaban J connectivity index is 0.00000380. The third-order valence-corrected chi connectivity index (χ3v) is 12.3. The van der Waals surface area contributed by atoms with Crippen molar-refractivity contribution in [2.45, 2.75) is 38.0 Å². The van der Waals surface area contributed by atoms with Gasteiger partial charge in [-0.25, -0.2) is 0 Å². The Bertz CT molecular complexity index is 1180. The zero-order valence-electron chi connectivity index (χ0n) is 21.4. The average Bonchev–Trinajstić information content (AvgIpc) is 2.92. The van der Waals surface area contributed by atoms with Gasteiger partial charge in [0.1, 0.15) is 28.9 Å². The first-order valence-electron chi connectivity index (χ1n) is 12.6. The number of carbonyl (C=O) groups excluding carboxylic acids is 1. The van der Waals surface area contributed by atoms with Gasteiger partial charge in [-0.15, -0.1) is 11.8 Å². The highest BCUT2D eigenvalue weighted by Gasteiger charge is 2.44. The number of hydrogen-bond acceptors (Lipinski definition) is 3. The lowest BCUT2D eigenvalue weighted by Gasteiger charge is -2.27. The number of carbonyl (C=O) groups is 1. The van der Waals surface area contributed by atoms with Crippen LogP contribution in [0.4, 0.5) is 0 Å². The predicted octanol–water partition coefficient (Wildman–Crippen LogP) is 4.03. The maximum Gasteiger partial charge on any atom is 0.163 e. The summed E-state index contributed by atoms with van der Waals surface area (Å²) in [6.45, 7) is 3.62. The molecule has 5 heteroatoms. The number of halogens is 1. The van der Waals surface area contributed by atoms with E-state index in [4.69, 9.17) is 0 Å². The standard InChI is InChI=1S/C32H33O2PS.BrH/c1-3-14-30-31(22-21-29(25(2)33)32(30)34)36-24-13-23-35(26-15-7-4-8-16-26,27-17-9-5-10-18-27)28-19-11-6-12-20-28;/h4-12,15-22H,3,13-14,23-24H2,1-2H3;1H. The molecule has 37 heavy (non-hydrogen) atoms. The number of thioether (sulfide) groups is 1. The van der Waals surface area contributed by atoms with Gasteiger partial charge >= 0.3 is 0 Å². The van der Waals surface area contributed by atoms with Gasteiger partial charge < -0.3 is 22.1 Å². The van der Waals surface area contributed by atoms with Crippen LogP contribution in [0.1, 0.15) is 42.6 Å². The van der Waals surface area contributed by atoms with E-state index in [2.05, 4.69) is 97.9 Å². The fourth-order valence-corrected chi connectivity index (χ4v) is 10.5. The summed E-state index contributed by atoms with van der Waals surface area (Å²) in [5.74, 6) is 1.02. The van der Waals surface area contributed by atoms with Crippen molar-refractivity contribution >= 4 is 40.7 Å². The Morgan fingerprint density at radius 2 is 1.27 bits per heavy atom. The summed E-state index contributed by atoms with van der Waals surface area (Å²) >= 11 is 1.79. The maximum absolute atomic E-state index is 11.9. The first kappa shape index (κ1) is 29.2. The van der Waals surface area contributed by atoms with E-state index < -0.39 is 7.26 Å². The van der Waals surface area contributed by atoms with Gasteiger partial charge in [-0.05, 0) is 68.3 Å². The van der Waals surface area contributed by atoms with Crippen LogP contribution in [-0.4, -0.2) is 22.8 Å². The van der Waals surface area contributed by atoms with E-state index in [1.165, 1.54) is 22.8 Å². The fraction of sp³-hybridized carbons (Fsp3) is 0.219. The number of phenolic OH excluding ortho intramolecular Hbond substituents is 1. The Morgan fingerprint density at radius 1 is 0.784 bits per heavy atom. The Hall–Kier alpha value is -2.39. The lowest BCUT2D eigenvalue weighted by molar-refractivity contribution is -0.0000163. The van der Waals surface area contributed by atoms with Crippen LogP contribution in [0, 0.1) is 0 Å². The number of hydrogen-bond donors (Lipinski definition) is 1. The molecule has 0 heterocycles. The van der Waals surface area contributed by atoms with Crippen molar-refractivity contribution in [3.63, 3.8) is 0 Å². The largest absolute Gasteiger partial charge is 1.00 e. The Morgan fingerprint density at radius 3 is 1.70 bits per heavy atom. The lowest BCUT2D eigenvalue weighted by Crippen LogP contribution is -3.00. The molecule has 4 aromatic carbocycles. The molecule has 0 atom stereocenters. The second kappa shape index (κ2) is 14.0. The van der Waals surface area contributed by atoms with Crippen LogP contribution in [0.2, 0.25) is 0 Å². The quantitative estimate of drug-likeness (QED) is 0.124. The Labute approximate surface area is 236 Å². The van der Waals surface area contributed by atoms with Gasteiger partial charge in [-0.1, -0.05) is 67.9 Å². The molecule has 0 spiro atoms. The van der Waals surface area contributed by atoms with Crippen molar-refractivity contribution in [1.29, 1.82) is 0 Å². The van der Waals surface area contributed by atoms with Gasteiger partial charge in [0.2, 0.25) is 0 Å². The summed E-state index contributed by atoms with van der Waals surface area (Å²) < 4.78 is 0. The molecule has 0 unspecified atom stereocenters. The third-order valence-electron chi connectivity index (χ3n) is 6.61. The molecule has 0 aromatic heterocycles. The first-order valence-corrected chi connectivity index (χ1v) is 15.6. The van der Waals surface area contributed by atoms with Gasteiger partial charge in [0.25, 0.3) is 0 Å². The molecule has 4 rings (SSSR count). The summed E-state index contributed by atoms with van der Waals surface area (Å²) in [6.07, 6.45) is 3.80. The number of aromatic hydroxyl groups is 1. The van der Waals surface area contributed by atoms with Crippen molar-refractivity contribution in [2.24, 2.45) is 0 Å². The third kappa shape index (κ3) is 6.55. The molecule has 1 N–H and O–H groups in total. The van der Waals surface area contributed by atoms with E-state index in [-0.39, 0.29) is 28.5 Å². The van der Waals surface area contributed by atoms with Crippen molar-refractivity contribution in [2.75, 3.05) is 11.9 Å². The molecular weight excluding hydrogens is 559 g/mol. The molecule has 0 saturated carbocycles. The molecule has 0 radical (unpaired) electrons. The van der Waals surface area contributed by atoms with Crippen molar-refractivity contribution in [1.82, 2.24) is 0 Å². The normalized spacial score (nSPS) is 11.1. The number of phenols is 1. The number of Topliss-reactive ketones (excluding diaryl/α,β-unsaturated/α-hetero) is 1. The van der Waals surface area contributed by atoms with E-state index in [0.29, 0.717) is 5.56 Å². The molecule has 0 saturated heterocycles. The zero-order valence-corrected chi connectivity index (χ0v) is 24.7. The van der Waals surface area contributed by atoms with Crippen LogP contribution in [0.5, 0.6) is 5.75 Å². The SMILES string of the molecule is CCCc1c(SCCC[P+](c2ccccc2)(c2ccccc2)c2ccccc2)ccc(C(C)=O)c1O.[Br-]. The van der Waals surface area contributed by atoms with E-state index >= 15 is 0 Å². The van der Waals surface area contributed by atoms with Gasteiger partial charge in [0.05, 0.1) is 11.7 Å². The highest BCUT2D eigenvalue weighted by atomic mass is 79.9. The van der Waals surface area contributed by atoms with Crippen LogP contribution in [0.3, 0.4) is 0 Å². The first-order chi connectivity index (χ1) is 17.6. The average molecular weight is 594 g/mol.